The number of aryl methyl sites for hydroxylation is 1. The molecule has 1 aliphatic heterocycles. The van der Waals surface area contributed by atoms with Crippen molar-refractivity contribution in [3.8, 4) is 5.75 Å². The van der Waals surface area contributed by atoms with Gasteiger partial charge in [-0.15, -0.1) is 0 Å². The Morgan fingerprint density at radius 2 is 2.18 bits per heavy atom. The maximum atomic E-state index is 5.70. The van der Waals surface area contributed by atoms with Crippen LogP contribution in [0.25, 0.3) is 0 Å². The van der Waals surface area contributed by atoms with Crippen molar-refractivity contribution in [1.82, 2.24) is 0 Å². The van der Waals surface area contributed by atoms with Gasteiger partial charge in [-0.1, -0.05) is 12.1 Å². The lowest BCUT2D eigenvalue weighted by Gasteiger charge is -2.42. The lowest BCUT2D eigenvalue weighted by atomic mass is 9.75. The van der Waals surface area contributed by atoms with Gasteiger partial charge in [0.1, 0.15) is 5.75 Å². The van der Waals surface area contributed by atoms with Crippen LogP contribution in [0.5, 0.6) is 5.75 Å². The van der Waals surface area contributed by atoms with E-state index in [1.54, 1.807) is 0 Å². The van der Waals surface area contributed by atoms with E-state index in [2.05, 4.69) is 25.1 Å². The van der Waals surface area contributed by atoms with Crippen molar-refractivity contribution in [2.45, 2.75) is 25.7 Å². The average molecular weight is 235 g/mol. The lowest BCUT2D eigenvalue weighted by molar-refractivity contribution is -0.0631. The van der Waals surface area contributed by atoms with Gasteiger partial charge < -0.3 is 15.2 Å². The highest BCUT2D eigenvalue weighted by Crippen LogP contribution is 2.37. The summed E-state index contributed by atoms with van der Waals surface area (Å²) in [6.07, 6.45) is 0.987. The van der Waals surface area contributed by atoms with E-state index in [1.807, 2.05) is 6.92 Å². The van der Waals surface area contributed by atoms with E-state index in [9.17, 15) is 0 Å². The predicted molar refractivity (Wildman–Crippen MR) is 68.5 cm³/mol. The van der Waals surface area contributed by atoms with E-state index < -0.39 is 0 Å². The molecule has 0 atom stereocenters. The molecule has 0 aromatic heterocycles. The van der Waals surface area contributed by atoms with Crippen LogP contribution in [-0.2, 0) is 10.2 Å². The minimum atomic E-state index is 0.143. The second-order valence-corrected chi connectivity index (χ2v) is 4.73. The fraction of sp³-hybridized carbons (Fsp3) is 0.571. The van der Waals surface area contributed by atoms with E-state index in [0.717, 1.165) is 25.4 Å². The molecule has 0 amide bonds. The van der Waals surface area contributed by atoms with Crippen LogP contribution >= 0.6 is 0 Å². The molecule has 0 radical (unpaired) electrons. The Balaban J connectivity index is 2.24. The van der Waals surface area contributed by atoms with Crippen LogP contribution < -0.4 is 10.5 Å². The van der Waals surface area contributed by atoms with E-state index in [1.165, 1.54) is 11.1 Å². The Hall–Kier alpha value is -1.06. The topological polar surface area (TPSA) is 44.5 Å². The van der Waals surface area contributed by atoms with E-state index in [-0.39, 0.29) is 5.41 Å². The van der Waals surface area contributed by atoms with Crippen molar-refractivity contribution in [2.24, 2.45) is 5.73 Å². The van der Waals surface area contributed by atoms with E-state index >= 15 is 0 Å². The Labute approximate surface area is 103 Å². The first-order valence-electron chi connectivity index (χ1n) is 6.23. The summed E-state index contributed by atoms with van der Waals surface area (Å²) in [7, 11) is 0. The van der Waals surface area contributed by atoms with Gasteiger partial charge in [0.2, 0.25) is 0 Å². The molecule has 1 aromatic carbocycles. The second kappa shape index (κ2) is 5.07. The summed E-state index contributed by atoms with van der Waals surface area (Å²) in [4.78, 5) is 0. The van der Waals surface area contributed by atoms with Crippen LogP contribution in [-0.4, -0.2) is 26.4 Å². The molecule has 3 heteroatoms. The molecule has 0 saturated carbocycles. The van der Waals surface area contributed by atoms with E-state index in [0.29, 0.717) is 13.2 Å². The average Bonchev–Trinajstić information content (AvgIpc) is 2.27. The molecule has 3 nitrogen and oxygen atoms in total. The highest BCUT2D eigenvalue weighted by atomic mass is 16.5. The zero-order valence-electron chi connectivity index (χ0n) is 10.7. The number of benzene rings is 1. The number of hydrogen-bond acceptors (Lipinski definition) is 3. The summed E-state index contributed by atoms with van der Waals surface area (Å²) in [6, 6.07) is 6.42. The van der Waals surface area contributed by atoms with Gasteiger partial charge in [-0.3, -0.25) is 0 Å². The Morgan fingerprint density at radius 3 is 2.65 bits per heavy atom. The summed E-state index contributed by atoms with van der Waals surface area (Å²) in [5.74, 6) is 0.972. The third kappa shape index (κ3) is 2.31. The van der Waals surface area contributed by atoms with Gasteiger partial charge in [-0.2, -0.15) is 0 Å². The fourth-order valence-corrected chi connectivity index (χ4v) is 2.38. The number of nitrogens with two attached hydrogens (primary N) is 1. The number of hydrogen-bond donors (Lipinski definition) is 1. The van der Waals surface area contributed by atoms with Gasteiger partial charge in [0.15, 0.2) is 0 Å². The molecule has 1 fully saturated rings. The highest BCUT2D eigenvalue weighted by Gasteiger charge is 2.39. The first-order valence-corrected chi connectivity index (χ1v) is 6.23. The zero-order valence-corrected chi connectivity index (χ0v) is 10.7. The van der Waals surface area contributed by atoms with Gasteiger partial charge in [-0.25, -0.2) is 0 Å². The molecule has 0 unspecified atom stereocenters. The molecule has 1 saturated heterocycles. The van der Waals surface area contributed by atoms with Gasteiger partial charge in [0.05, 0.1) is 19.8 Å². The number of rotatable bonds is 5. The van der Waals surface area contributed by atoms with Crippen LogP contribution in [0.2, 0.25) is 0 Å². The highest BCUT2D eigenvalue weighted by molar-refractivity contribution is 5.40. The Morgan fingerprint density at radius 1 is 1.41 bits per heavy atom. The van der Waals surface area contributed by atoms with E-state index in [4.69, 9.17) is 15.2 Å². The summed E-state index contributed by atoms with van der Waals surface area (Å²) < 4.78 is 10.9. The molecule has 2 rings (SSSR count). The van der Waals surface area contributed by atoms with Gasteiger partial charge in [0, 0.05) is 5.41 Å². The third-order valence-corrected chi connectivity index (χ3v) is 3.47. The van der Waals surface area contributed by atoms with Gasteiger partial charge >= 0.3 is 0 Å². The van der Waals surface area contributed by atoms with Crippen molar-refractivity contribution in [1.29, 1.82) is 0 Å². The van der Waals surface area contributed by atoms with Crippen molar-refractivity contribution in [3.63, 3.8) is 0 Å². The monoisotopic (exact) mass is 235 g/mol. The molecule has 1 aliphatic rings. The third-order valence-electron chi connectivity index (χ3n) is 3.47. The SMILES string of the molecule is CCOc1ccc(C2(CCN)COC2)cc1C. The minimum absolute atomic E-state index is 0.143. The van der Waals surface area contributed by atoms with Crippen molar-refractivity contribution in [2.75, 3.05) is 26.4 Å². The summed E-state index contributed by atoms with van der Waals surface area (Å²) in [5, 5.41) is 0. The largest absolute Gasteiger partial charge is 0.494 e. The molecule has 2 N–H and O–H groups in total. The first kappa shape index (κ1) is 12.4. The molecule has 94 valence electrons. The summed E-state index contributed by atoms with van der Waals surface area (Å²) in [5.41, 5.74) is 8.36. The predicted octanol–water partition coefficient (Wildman–Crippen LogP) is 2.01. The van der Waals surface area contributed by atoms with Crippen molar-refractivity contribution in [3.05, 3.63) is 29.3 Å². The summed E-state index contributed by atoms with van der Waals surface area (Å²) in [6.45, 7) is 7.08. The van der Waals surface area contributed by atoms with Crippen molar-refractivity contribution < 1.29 is 9.47 Å². The quantitative estimate of drug-likeness (QED) is 0.849. The van der Waals surface area contributed by atoms with Crippen LogP contribution in [0.4, 0.5) is 0 Å². The maximum absolute atomic E-state index is 5.70. The molecule has 0 bridgehead atoms. The number of ether oxygens (including phenoxy) is 2. The van der Waals surface area contributed by atoms with Gasteiger partial charge in [0.25, 0.3) is 0 Å². The standard InChI is InChI=1S/C14H21NO2/c1-3-17-13-5-4-12(8-11(13)2)14(6-7-15)9-16-10-14/h4-5,8H,3,6-7,9-10,15H2,1-2H3. The molecule has 1 heterocycles. The molecule has 0 aliphatic carbocycles. The summed E-state index contributed by atoms with van der Waals surface area (Å²) >= 11 is 0. The van der Waals surface area contributed by atoms with Crippen molar-refractivity contribution >= 4 is 0 Å². The first-order chi connectivity index (χ1) is 8.22. The van der Waals surface area contributed by atoms with Gasteiger partial charge in [-0.05, 0) is 44.0 Å². The lowest BCUT2D eigenvalue weighted by Crippen LogP contribution is -2.48. The zero-order chi connectivity index (χ0) is 12.3. The molecule has 0 spiro atoms. The van der Waals surface area contributed by atoms with Crippen LogP contribution in [0.1, 0.15) is 24.5 Å². The molecule has 1 aromatic rings. The van der Waals surface area contributed by atoms with Crippen LogP contribution in [0.15, 0.2) is 18.2 Å². The normalized spacial score (nSPS) is 17.6. The minimum Gasteiger partial charge on any atom is -0.494 e. The molecule has 17 heavy (non-hydrogen) atoms. The maximum Gasteiger partial charge on any atom is 0.122 e. The molecular formula is C14H21NO2. The Kier molecular flexibility index (Phi) is 3.69. The Bertz CT molecular complexity index is 386. The fourth-order valence-electron chi connectivity index (χ4n) is 2.38. The second-order valence-electron chi connectivity index (χ2n) is 4.73. The van der Waals surface area contributed by atoms with Crippen LogP contribution in [0.3, 0.4) is 0 Å². The van der Waals surface area contributed by atoms with Crippen LogP contribution in [0, 0.1) is 6.92 Å². The smallest absolute Gasteiger partial charge is 0.122 e. The molecular weight excluding hydrogens is 214 g/mol.